The normalized spacial score (nSPS) is 14.4. The van der Waals surface area contributed by atoms with E-state index in [9.17, 15) is 43.2 Å². The van der Waals surface area contributed by atoms with Crippen LogP contribution in [0.15, 0.2) is 0 Å². The minimum Gasteiger partial charge on any atom is -0.462 e. The zero-order chi connectivity index (χ0) is 55.5. The van der Waals surface area contributed by atoms with Gasteiger partial charge in [-0.1, -0.05) is 227 Å². The molecule has 0 aromatic carbocycles. The van der Waals surface area contributed by atoms with Crippen molar-refractivity contribution in [3.63, 3.8) is 0 Å². The van der Waals surface area contributed by atoms with E-state index in [4.69, 9.17) is 37.0 Å². The van der Waals surface area contributed by atoms with Gasteiger partial charge in [-0.25, -0.2) is 9.13 Å². The molecule has 0 aliphatic carbocycles. The highest BCUT2D eigenvalue weighted by Gasteiger charge is 2.30. The Bertz CT molecular complexity index is 1470. The maximum absolute atomic E-state index is 12.9. The van der Waals surface area contributed by atoms with Crippen LogP contribution in [-0.2, 0) is 65.4 Å². The van der Waals surface area contributed by atoms with Crippen LogP contribution < -0.4 is 0 Å². The fourth-order valence-corrected chi connectivity index (χ4v) is 9.80. The Morgan fingerprint density at radius 1 is 0.320 bits per heavy atom. The lowest BCUT2D eigenvalue weighted by molar-refractivity contribution is -0.161. The predicted molar refractivity (Wildman–Crippen MR) is 294 cm³/mol. The van der Waals surface area contributed by atoms with Crippen molar-refractivity contribution in [3.05, 3.63) is 0 Å². The molecule has 0 aromatic heterocycles. The number of carbonyl (C=O) groups is 4. The van der Waals surface area contributed by atoms with Crippen LogP contribution in [0.5, 0.6) is 0 Å². The van der Waals surface area contributed by atoms with Crippen LogP contribution in [0, 0.1) is 0 Å². The van der Waals surface area contributed by atoms with Crippen molar-refractivity contribution < 1.29 is 80.2 Å². The summed E-state index contributed by atoms with van der Waals surface area (Å²) in [6.45, 7) is 4.65. The number of hydrogen-bond acceptors (Lipinski definition) is 15. The first-order chi connectivity index (χ1) is 36.2. The maximum atomic E-state index is 12.9. The molecule has 444 valence electrons. The minimum atomic E-state index is -4.93. The summed E-state index contributed by atoms with van der Waals surface area (Å²) >= 11 is 0. The van der Waals surface area contributed by atoms with Crippen LogP contribution >= 0.6 is 15.6 Å². The first kappa shape index (κ1) is 73.1. The largest absolute Gasteiger partial charge is 0.472 e. The molecule has 0 bridgehead atoms. The van der Waals surface area contributed by atoms with Gasteiger partial charge in [0.15, 0.2) is 12.2 Å². The van der Waals surface area contributed by atoms with Crippen molar-refractivity contribution in [3.8, 4) is 0 Å². The van der Waals surface area contributed by atoms with E-state index in [2.05, 4.69) is 20.8 Å². The molecule has 0 heterocycles. The number of unbranched alkanes of at least 4 members (excludes halogenated alkanes) is 31. The van der Waals surface area contributed by atoms with Gasteiger partial charge in [-0.05, 0) is 25.7 Å². The Morgan fingerprint density at radius 2 is 0.533 bits per heavy atom. The van der Waals surface area contributed by atoms with Crippen molar-refractivity contribution in [2.24, 2.45) is 0 Å². The second-order valence-corrected chi connectivity index (χ2v) is 23.2. The van der Waals surface area contributed by atoms with Crippen LogP contribution in [0.25, 0.3) is 0 Å². The van der Waals surface area contributed by atoms with Crippen LogP contribution in [0.2, 0.25) is 0 Å². The summed E-state index contributed by atoms with van der Waals surface area (Å²) in [4.78, 5) is 71.3. The molecular weight excluding hydrogens is 1010 g/mol. The number of carbonyl (C=O) groups excluding carboxylic acids is 4. The molecule has 17 nitrogen and oxygen atoms in total. The maximum Gasteiger partial charge on any atom is 0.472 e. The molecule has 19 heteroatoms. The van der Waals surface area contributed by atoms with Gasteiger partial charge in [0, 0.05) is 25.7 Å². The predicted octanol–water partition coefficient (Wildman–Crippen LogP) is 14.8. The summed E-state index contributed by atoms with van der Waals surface area (Å²) in [7, 11) is -9.85. The molecule has 5 atom stereocenters. The molecule has 0 fully saturated rings. The second-order valence-electron chi connectivity index (χ2n) is 20.3. The lowest BCUT2D eigenvalue weighted by atomic mass is 10.0. The highest BCUT2D eigenvalue weighted by Crippen LogP contribution is 2.45. The topological polar surface area (TPSA) is 237 Å². The highest BCUT2D eigenvalue weighted by atomic mass is 31.2. The molecule has 0 spiro atoms. The molecular formula is C56H108O17P2. The second kappa shape index (κ2) is 51.5. The molecule has 0 aliphatic rings. The monoisotopic (exact) mass is 1110 g/mol. The van der Waals surface area contributed by atoms with Gasteiger partial charge in [0.25, 0.3) is 0 Å². The number of rotatable bonds is 57. The van der Waals surface area contributed by atoms with Gasteiger partial charge in [-0.15, -0.1) is 0 Å². The lowest BCUT2D eigenvalue weighted by Gasteiger charge is -2.21. The summed E-state index contributed by atoms with van der Waals surface area (Å²) in [6, 6.07) is 0. The lowest BCUT2D eigenvalue weighted by Crippen LogP contribution is -2.30. The van der Waals surface area contributed by atoms with Crippen LogP contribution in [0.4, 0.5) is 0 Å². The fourth-order valence-electron chi connectivity index (χ4n) is 8.22. The van der Waals surface area contributed by atoms with E-state index >= 15 is 0 Å². The van der Waals surface area contributed by atoms with E-state index < -0.39 is 97.5 Å². The van der Waals surface area contributed by atoms with E-state index in [1.54, 1.807) is 0 Å². The van der Waals surface area contributed by atoms with Gasteiger partial charge in [-0.2, -0.15) is 0 Å². The van der Waals surface area contributed by atoms with Crippen LogP contribution in [-0.4, -0.2) is 96.7 Å². The molecule has 0 amide bonds. The van der Waals surface area contributed by atoms with E-state index in [1.165, 1.54) is 103 Å². The minimum absolute atomic E-state index is 0.0959. The average Bonchev–Trinajstić information content (AvgIpc) is 3.38. The summed E-state index contributed by atoms with van der Waals surface area (Å²) in [5.41, 5.74) is 0. The average molecular weight is 1120 g/mol. The van der Waals surface area contributed by atoms with Gasteiger partial charge in [0.2, 0.25) is 0 Å². The third-order valence-corrected chi connectivity index (χ3v) is 14.8. The molecule has 0 saturated carbocycles. The van der Waals surface area contributed by atoms with Crippen molar-refractivity contribution in [1.82, 2.24) is 0 Å². The quantitative estimate of drug-likeness (QED) is 0.0222. The number of phosphoric ester groups is 2. The van der Waals surface area contributed by atoms with E-state index in [0.717, 1.165) is 96.3 Å². The number of hydrogen-bond donors (Lipinski definition) is 3. The SMILES string of the molecule is CCCCCCCCCCCCCCCCCC(=O)O[C@H](COC(=O)CCCCCCCCCCC)COP(=O)(O)OC[C@H](O)COP(=O)(O)OC[C@@H](COC(=O)CCCCCCCCC)OC(=O)CCCCCC. The zero-order valence-corrected chi connectivity index (χ0v) is 49.3. The molecule has 0 saturated heterocycles. The Labute approximate surface area is 454 Å². The first-order valence-corrected chi connectivity index (χ1v) is 32.8. The number of esters is 4. The first-order valence-electron chi connectivity index (χ1n) is 29.8. The molecule has 2 unspecified atom stereocenters. The van der Waals surface area contributed by atoms with Gasteiger partial charge >= 0.3 is 39.5 Å². The molecule has 3 N–H and O–H groups in total. The van der Waals surface area contributed by atoms with Gasteiger partial charge in [-0.3, -0.25) is 37.3 Å². The third-order valence-electron chi connectivity index (χ3n) is 12.9. The Kier molecular flexibility index (Phi) is 50.2. The summed E-state index contributed by atoms with van der Waals surface area (Å²) in [5.74, 6) is -2.17. The van der Waals surface area contributed by atoms with Gasteiger partial charge < -0.3 is 33.8 Å². The molecule has 0 rings (SSSR count). The molecule has 75 heavy (non-hydrogen) atoms. The van der Waals surface area contributed by atoms with Crippen molar-refractivity contribution in [2.75, 3.05) is 39.6 Å². The fraction of sp³-hybridized carbons (Fsp3) is 0.929. The number of aliphatic hydroxyl groups is 1. The number of aliphatic hydroxyl groups excluding tert-OH is 1. The summed E-state index contributed by atoms with van der Waals surface area (Å²) in [5, 5.41) is 10.4. The molecule has 0 aromatic rings. The third kappa shape index (κ3) is 51.3. The van der Waals surface area contributed by atoms with Gasteiger partial charge in [0.05, 0.1) is 26.4 Å². The summed E-state index contributed by atoms with van der Waals surface area (Å²) in [6.07, 6.45) is 34.2. The van der Waals surface area contributed by atoms with E-state index in [1.807, 2.05) is 6.92 Å². The smallest absolute Gasteiger partial charge is 0.462 e. The van der Waals surface area contributed by atoms with Gasteiger partial charge in [0.1, 0.15) is 19.3 Å². The van der Waals surface area contributed by atoms with Crippen LogP contribution in [0.1, 0.15) is 278 Å². The van der Waals surface area contributed by atoms with Crippen molar-refractivity contribution in [2.45, 2.75) is 296 Å². The van der Waals surface area contributed by atoms with Crippen molar-refractivity contribution >= 4 is 39.5 Å². The summed E-state index contributed by atoms with van der Waals surface area (Å²) < 4.78 is 67.2. The Morgan fingerprint density at radius 3 is 0.800 bits per heavy atom. The standard InChI is InChI=1S/C56H108O17P2/c1-5-9-13-17-20-22-23-24-25-26-27-29-32-35-39-43-56(61)73-52(47-67-54(59)41-38-34-31-28-21-18-14-10-6-2)49-71-75(64,65)69-45-50(57)44-68-74(62,63)70-48-51(72-55(60)42-36-16-12-8-4)46-66-53(58)40-37-33-30-19-15-11-7-3/h50-52,57H,5-49H2,1-4H3,(H,62,63)(H,64,65)/t50-,51-,52-/m1/s1. The molecule has 0 aliphatic heterocycles. The number of phosphoric acid groups is 2. The Balaban J connectivity index is 5.10. The molecule has 0 radical (unpaired) electrons. The van der Waals surface area contributed by atoms with E-state index in [0.29, 0.717) is 25.7 Å². The highest BCUT2D eigenvalue weighted by molar-refractivity contribution is 7.47. The van der Waals surface area contributed by atoms with Crippen molar-refractivity contribution in [1.29, 1.82) is 0 Å². The Hall–Kier alpha value is -1.94. The zero-order valence-electron chi connectivity index (χ0n) is 47.5. The van der Waals surface area contributed by atoms with Crippen LogP contribution in [0.3, 0.4) is 0 Å². The van der Waals surface area contributed by atoms with E-state index in [-0.39, 0.29) is 25.7 Å². The number of ether oxygens (including phenoxy) is 4.